The zero-order valence-electron chi connectivity index (χ0n) is 10.9. The fraction of sp³-hybridized carbons (Fsp3) is 0.462. The molecule has 1 aromatic rings. The molecule has 1 amide bonds. The molecule has 6 heteroatoms. The van der Waals surface area contributed by atoms with Crippen molar-refractivity contribution in [1.29, 1.82) is 0 Å². The third kappa shape index (κ3) is 2.94. The number of nitrogens with one attached hydrogen (secondary N) is 1. The number of carbonyl (C=O) groups excluding carboxylic acids is 1. The summed E-state index contributed by atoms with van der Waals surface area (Å²) in [5.41, 5.74) is -0.697. The predicted octanol–water partition coefficient (Wildman–Crippen LogP) is 3.52. The lowest BCUT2D eigenvalue weighted by molar-refractivity contribution is -0.0213. The maximum Gasteiger partial charge on any atom is 0.412 e. The molecule has 0 radical (unpaired) electrons. The van der Waals surface area contributed by atoms with Crippen LogP contribution in [0.5, 0.6) is 5.75 Å². The molecule has 4 nitrogen and oxygen atoms in total. The summed E-state index contributed by atoms with van der Waals surface area (Å²) in [5.74, 6) is -3.03. The summed E-state index contributed by atoms with van der Waals surface area (Å²) >= 11 is 0. The Hall–Kier alpha value is -1.85. The van der Waals surface area contributed by atoms with E-state index < -0.39 is 24.2 Å². The molecule has 0 fully saturated rings. The van der Waals surface area contributed by atoms with Gasteiger partial charge in [0.2, 0.25) is 0 Å². The summed E-state index contributed by atoms with van der Waals surface area (Å²) in [5, 5.41) is 2.42. The second-order valence-electron chi connectivity index (χ2n) is 5.30. The molecule has 0 saturated carbocycles. The van der Waals surface area contributed by atoms with Gasteiger partial charge in [-0.1, -0.05) is 6.07 Å². The van der Waals surface area contributed by atoms with Gasteiger partial charge in [-0.3, -0.25) is 5.32 Å². The predicted molar refractivity (Wildman–Crippen MR) is 65.7 cm³/mol. The van der Waals surface area contributed by atoms with Crippen LogP contribution < -0.4 is 10.1 Å². The second kappa shape index (κ2) is 4.36. The molecule has 1 aromatic carbocycles. The highest BCUT2D eigenvalue weighted by atomic mass is 19.3. The number of rotatable bonds is 1. The van der Waals surface area contributed by atoms with Gasteiger partial charge in [-0.15, -0.1) is 0 Å². The molecule has 0 atom stereocenters. The van der Waals surface area contributed by atoms with Crippen molar-refractivity contribution in [3.05, 3.63) is 23.8 Å². The van der Waals surface area contributed by atoms with E-state index in [0.29, 0.717) is 0 Å². The number of hydrogen-bond donors (Lipinski definition) is 1. The van der Waals surface area contributed by atoms with Crippen molar-refractivity contribution in [3.8, 4) is 5.75 Å². The lowest BCUT2D eigenvalue weighted by Gasteiger charge is -2.20. The standard InChI is InChI=1S/C13H15F2NO3/c1-12(2,3)19-11(17)16-9-6-4-5-8-10(9)18-7-13(8,14)15/h4-6H,7H2,1-3H3,(H,16,17). The van der Waals surface area contributed by atoms with Gasteiger partial charge in [-0.25, -0.2) is 4.79 Å². The molecule has 19 heavy (non-hydrogen) atoms. The molecular formula is C13H15F2NO3. The van der Waals surface area contributed by atoms with Gasteiger partial charge in [0.25, 0.3) is 0 Å². The Labute approximate surface area is 109 Å². The molecule has 1 aliphatic rings. The first-order valence-corrected chi connectivity index (χ1v) is 5.83. The molecule has 0 spiro atoms. The second-order valence-corrected chi connectivity index (χ2v) is 5.30. The molecule has 0 aromatic heterocycles. The third-order valence-electron chi connectivity index (χ3n) is 2.44. The van der Waals surface area contributed by atoms with Crippen LogP contribution in [0, 0.1) is 0 Å². The number of benzene rings is 1. The molecule has 1 heterocycles. The van der Waals surface area contributed by atoms with E-state index in [-0.39, 0.29) is 17.0 Å². The van der Waals surface area contributed by atoms with Gasteiger partial charge in [0.1, 0.15) is 5.60 Å². The summed E-state index contributed by atoms with van der Waals surface area (Å²) < 4.78 is 36.9. The van der Waals surface area contributed by atoms with Gasteiger partial charge in [0.05, 0.1) is 11.3 Å². The number of amides is 1. The van der Waals surface area contributed by atoms with Crippen molar-refractivity contribution in [2.75, 3.05) is 11.9 Å². The van der Waals surface area contributed by atoms with Crippen molar-refractivity contribution in [3.63, 3.8) is 0 Å². The Kier molecular flexibility index (Phi) is 3.12. The van der Waals surface area contributed by atoms with Crippen molar-refractivity contribution in [2.45, 2.75) is 32.3 Å². The van der Waals surface area contributed by atoms with Crippen molar-refractivity contribution in [1.82, 2.24) is 0 Å². The smallest absolute Gasteiger partial charge is 0.412 e. The highest BCUT2D eigenvalue weighted by molar-refractivity contribution is 5.87. The van der Waals surface area contributed by atoms with Crippen LogP contribution in [0.3, 0.4) is 0 Å². The average molecular weight is 271 g/mol. The number of ether oxygens (including phenoxy) is 2. The Morgan fingerprint density at radius 1 is 1.42 bits per heavy atom. The number of anilines is 1. The fourth-order valence-electron chi connectivity index (χ4n) is 1.73. The number of carbonyl (C=O) groups is 1. The molecule has 0 bridgehead atoms. The topological polar surface area (TPSA) is 47.6 Å². The quantitative estimate of drug-likeness (QED) is 0.850. The molecule has 2 rings (SSSR count). The summed E-state index contributed by atoms with van der Waals surface area (Å²) in [6, 6.07) is 4.21. The van der Waals surface area contributed by atoms with Crippen molar-refractivity contribution < 1.29 is 23.0 Å². The van der Waals surface area contributed by atoms with Crippen LogP contribution in [-0.2, 0) is 10.7 Å². The first-order chi connectivity index (χ1) is 8.69. The summed E-state index contributed by atoms with van der Waals surface area (Å²) in [6.45, 7) is 4.43. The Morgan fingerprint density at radius 2 is 2.11 bits per heavy atom. The van der Waals surface area contributed by atoms with Crippen LogP contribution in [-0.4, -0.2) is 18.3 Å². The lowest BCUT2D eigenvalue weighted by Crippen LogP contribution is -2.27. The van der Waals surface area contributed by atoms with Gasteiger partial charge in [0, 0.05) is 0 Å². The number of alkyl halides is 2. The monoisotopic (exact) mass is 271 g/mol. The van der Waals surface area contributed by atoms with Crippen LogP contribution in [0.4, 0.5) is 19.3 Å². The van der Waals surface area contributed by atoms with E-state index in [4.69, 9.17) is 9.47 Å². The van der Waals surface area contributed by atoms with E-state index in [1.54, 1.807) is 20.8 Å². The summed E-state index contributed by atoms with van der Waals surface area (Å²) in [6.07, 6.45) is -0.709. The maximum absolute atomic E-state index is 13.5. The molecule has 0 saturated heterocycles. The molecule has 1 N–H and O–H groups in total. The van der Waals surface area contributed by atoms with E-state index in [2.05, 4.69) is 5.32 Å². The maximum atomic E-state index is 13.5. The van der Waals surface area contributed by atoms with E-state index in [0.717, 1.165) is 0 Å². The first kappa shape index (κ1) is 13.6. The Morgan fingerprint density at radius 3 is 2.74 bits per heavy atom. The SMILES string of the molecule is CC(C)(C)OC(=O)Nc1cccc2c1OCC2(F)F. The van der Waals surface area contributed by atoms with Gasteiger partial charge in [-0.2, -0.15) is 8.78 Å². The van der Waals surface area contributed by atoms with Crippen LogP contribution in [0.15, 0.2) is 18.2 Å². The van der Waals surface area contributed by atoms with E-state index in [9.17, 15) is 13.6 Å². The first-order valence-electron chi connectivity index (χ1n) is 5.83. The Balaban J connectivity index is 2.20. The third-order valence-corrected chi connectivity index (χ3v) is 2.44. The van der Waals surface area contributed by atoms with E-state index in [1.807, 2.05) is 0 Å². The van der Waals surface area contributed by atoms with Crippen LogP contribution in [0.1, 0.15) is 26.3 Å². The highest BCUT2D eigenvalue weighted by Gasteiger charge is 2.42. The minimum Gasteiger partial charge on any atom is -0.484 e. The van der Waals surface area contributed by atoms with Gasteiger partial charge in [-0.05, 0) is 32.9 Å². The minimum atomic E-state index is -3.03. The molecule has 0 aliphatic carbocycles. The van der Waals surface area contributed by atoms with Gasteiger partial charge in [0.15, 0.2) is 12.4 Å². The van der Waals surface area contributed by atoms with E-state index >= 15 is 0 Å². The Bertz CT molecular complexity index is 509. The normalized spacial score (nSPS) is 16.5. The van der Waals surface area contributed by atoms with Crippen molar-refractivity contribution >= 4 is 11.8 Å². The van der Waals surface area contributed by atoms with Crippen LogP contribution >= 0.6 is 0 Å². The zero-order valence-corrected chi connectivity index (χ0v) is 10.9. The lowest BCUT2D eigenvalue weighted by atomic mass is 10.1. The largest absolute Gasteiger partial charge is 0.484 e. The summed E-state index contributed by atoms with van der Waals surface area (Å²) in [4.78, 5) is 11.6. The molecule has 0 unspecified atom stereocenters. The van der Waals surface area contributed by atoms with Gasteiger partial charge >= 0.3 is 12.0 Å². The number of para-hydroxylation sites is 1. The molecule has 1 aliphatic heterocycles. The minimum absolute atomic E-state index is 0.00152. The van der Waals surface area contributed by atoms with Crippen LogP contribution in [0.2, 0.25) is 0 Å². The zero-order chi connectivity index (χ0) is 14.3. The average Bonchev–Trinajstić information content (AvgIpc) is 2.53. The fourth-order valence-corrected chi connectivity index (χ4v) is 1.73. The summed E-state index contributed by atoms with van der Waals surface area (Å²) in [7, 11) is 0. The van der Waals surface area contributed by atoms with Crippen LogP contribution in [0.25, 0.3) is 0 Å². The number of hydrogen-bond acceptors (Lipinski definition) is 3. The van der Waals surface area contributed by atoms with E-state index in [1.165, 1.54) is 18.2 Å². The highest BCUT2D eigenvalue weighted by Crippen LogP contribution is 2.45. The molecule has 104 valence electrons. The van der Waals surface area contributed by atoms with Gasteiger partial charge < -0.3 is 9.47 Å². The number of halogens is 2. The van der Waals surface area contributed by atoms with Crippen molar-refractivity contribution in [2.24, 2.45) is 0 Å². The molecular weight excluding hydrogens is 256 g/mol. The number of fused-ring (bicyclic) bond motifs is 1.